The number of pyridine rings is 1. The summed E-state index contributed by atoms with van der Waals surface area (Å²) in [4.78, 5) is 62.2. The molecule has 1 saturated heterocycles. The minimum absolute atomic E-state index is 0.103. The second-order valence-corrected chi connectivity index (χ2v) is 21.0. The molecule has 4 heterocycles. The third-order valence-corrected chi connectivity index (χ3v) is 15.0. The molecule has 16 heteroatoms. The van der Waals surface area contributed by atoms with Crippen LogP contribution in [0.25, 0.3) is 10.9 Å². The number of sulfonamides is 1. The maximum atomic E-state index is 14.8. The zero-order valence-electron chi connectivity index (χ0n) is 34.3. The van der Waals surface area contributed by atoms with Gasteiger partial charge >= 0.3 is 12.1 Å². The van der Waals surface area contributed by atoms with E-state index in [2.05, 4.69) is 9.71 Å². The maximum Gasteiger partial charge on any atom is 0.437 e. The summed E-state index contributed by atoms with van der Waals surface area (Å²) in [5.41, 5.74) is -4.03. The van der Waals surface area contributed by atoms with Gasteiger partial charge in [-0.1, -0.05) is 45.8 Å². The molecule has 1 N–H and O–H groups in total. The smallest absolute Gasteiger partial charge is 0.437 e. The summed E-state index contributed by atoms with van der Waals surface area (Å²) in [5, 5.41) is 0.423. The highest BCUT2D eigenvalue weighted by atomic mass is 32.2. The Hall–Kier alpha value is -4.21. The normalized spacial score (nSPS) is 28.9. The monoisotopic (exact) mass is 845 g/mol. The molecular weight excluding hydrogens is 792 g/mol. The number of alkyl halides is 3. The van der Waals surface area contributed by atoms with Crippen molar-refractivity contribution >= 4 is 44.5 Å². The molecule has 3 aliphatic heterocycles. The van der Waals surface area contributed by atoms with Crippen molar-refractivity contribution in [2.24, 2.45) is 22.7 Å². The molecule has 0 radical (unpaired) electrons. The lowest BCUT2D eigenvalue weighted by Crippen LogP contribution is -2.48. The van der Waals surface area contributed by atoms with Crippen LogP contribution >= 0.6 is 0 Å². The molecule has 12 nitrogen and oxygen atoms in total. The minimum Gasteiger partial charge on any atom is -0.497 e. The minimum atomic E-state index is -4.91. The summed E-state index contributed by atoms with van der Waals surface area (Å²) in [6, 6.07) is 3.34. The van der Waals surface area contributed by atoms with Crippen molar-refractivity contribution in [1.82, 2.24) is 14.6 Å². The number of methoxy groups -OCH3 is 1. The van der Waals surface area contributed by atoms with Gasteiger partial charge in [-0.25, -0.2) is 13.4 Å². The second kappa shape index (κ2) is 15.4. The Morgan fingerprint density at radius 1 is 1.07 bits per heavy atom. The number of esters is 1. The van der Waals surface area contributed by atoms with E-state index in [4.69, 9.17) is 14.2 Å². The topological polar surface area (TPSA) is 158 Å². The number of nitrogens with zero attached hydrogens (tertiary/aromatic N) is 2. The summed E-state index contributed by atoms with van der Waals surface area (Å²) >= 11 is 0. The summed E-state index contributed by atoms with van der Waals surface area (Å²) in [6.07, 6.45) is 2.33. The molecule has 5 aliphatic rings. The van der Waals surface area contributed by atoms with Gasteiger partial charge in [-0.2, -0.15) is 13.2 Å². The number of ether oxygens (including phenoxy) is 3. The highest BCUT2D eigenvalue weighted by Gasteiger charge is 2.63. The van der Waals surface area contributed by atoms with Gasteiger partial charge in [0.15, 0.2) is 17.2 Å². The lowest BCUT2D eigenvalue weighted by Gasteiger charge is -2.37. The van der Waals surface area contributed by atoms with Crippen LogP contribution < -0.4 is 14.2 Å². The van der Waals surface area contributed by atoms with Gasteiger partial charge in [0.2, 0.25) is 21.8 Å². The highest BCUT2D eigenvalue weighted by molar-refractivity contribution is 7.91. The van der Waals surface area contributed by atoms with E-state index in [0.29, 0.717) is 43.2 Å². The first-order chi connectivity index (χ1) is 27.6. The Balaban J connectivity index is 1.26. The van der Waals surface area contributed by atoms with Crippen molar-refractivity contribution in [2.75, 3.05) is 20.3 Å². The molecule has 5 atom stereocenters. The second-order valence-electron chi connectivity index (χ2n) is 18.8. The molecule has 1 aromatic carbocycles. The standard InChI is InChI=1S/C43H54F3N3O9S/c1-39(2,3)25-57-34(51)19-26-11-9-7-6-8-10-12-27-21-42(27,38(53)48-59(54,55)40(4)17-18-40)23-33(50)32-22-41(24-49(32)37(26)52)16-15-29-30-20-28(56-5)13-14-31(30)47-36(35(29)58-41)43(44,45)46/h10,12-14,20,26-27,32H,6-9,11,15-19,21-25H2,1-5H3,(H,48,53)/b12-10-/t26-,27-,32+,41-,42-/m1/s1. The van der Waals surface area contributed by atoms with Crippen molar-refractivity contribution < 1.29 is 55.0 Å². The third kappa shape index (κ3) is 8.70. The number of hydrogen-bond donors (Lipinski definition) is 1. The molecule has 3 fully saturated rings. The largest absolute Gasteiger partial charge is 0.497 e. The Labute approximate surface area is 343 Å². The van der Waals surface area contributed by atoms with Crippen LogP contribution in [0.15, 0.2) is 30.4 Å². The van der Waals surface area contributed by atoms with E-state index in [0.717, 1.165) is 12.8 Å². The zero-order valence-corrected chi connectivity index (χ0v) is 35.2. The van der Waals surface area contributed by atoms with Gasteiger partial charge in [-0.05, 0) is 87.8 Å². The molecule has 0 bridgehead atoms. The van der Waals surface area contributed by atoms with Gasteiger partial charge in [0.05, 0.1) is 48.4 Å². The maximum absolute atomic E-state index is 14.8. The Morgan fingerprint density at radius 3 is 2.49 bits per heavy atom. The van der Waals surface area contributed by atoms with E-state index >= 15 is 0 Å². The number of amides is 2. The number of halogens is 3. The molecule has 2 amide bonds. The van der Waals surface area contributed by atoms with Crippen molar-refractivity contribution in [3.05, 3.63) is 41.6 Å². The van der Waals surface area contributed by atoms with Crippen molar-refractivity contribution in [3.8, 4) is 11.5 Å². The Bertz CT molecular complexity index is 2180. The van der Waals surface area contributed by atoms with Crippen molar-refractivity contribution in [1.29, 1.82) is 0 Å². The summed E-state index contributed by atoms with van der Waals surface area (Å²) in [5.74, 6) is -3.82. The van der Waals surface area contributed by atoms with E-state index in [1.165, 1.54) is 24.1 Å². The first kappa shape index (κ1) is 42.9. The van der Waals surface area contributed by atoms with E-state index in [-0.39, 0.29) is 61.8 Å². The molecule has 2 aromatic rings. The molecule has 322 valence electrons. The Kier molecular flexibility index (Phi) is 11.2. The summed E-state index contributed by atoms with van der Waals surface area (Å²) in [7, 11) is -2.60. The molecular formula is C43H54F3N3O9S. The van der Waals surface area contributed by atoms with Crippen molar-refractivity contribution in [3.63, 3.8) is 0 Å². The van der Waals surface area contributed by atoms with Gasteiger partial charge in [-0.3, -0.25) is 23.9 Å². The number of nitrogens with one attached hydrogen (secondary N) is 1. The van der Waals surface area contributed by atoms with Crippen LogP contribution in [-0.4, -0.2) is 78.5 Å². The average Bonchev–Trinajstić information content (AvgIpc) is 4.06. The first-order valence-electron chi connectivity index (χ1n) is 20.6. The van der Waals surface area contributed by atoms with Gasteiger partial charge in [-0.15, -0.1) is 0 Å². The van der Waals surface area contributed by atoms with Crippen LogP contribution in [0.2, 0.25) is 0 Å². The van der Waals surface area contributed by atoms with Crippen LogP contribution in [0.4, 0.5) is 13.2 Å². The molecule has 2 saturated carbocycles. The number of rotatable bonds is 7. The van der Waals surface area contributed by atoms with Gasteiger partial charge in [0, 0.05) is 29.7 Å². The van der Waals surface area contributed by atoms with E-state index in [9.17, 15) is 40.8 Å². The summed E-state index contributed by atoms with van der Waals surface area (Å²) in [6.45, 7) is 7.15. The van der Waals surface area contributed by atoms with Crippen LogP contribution in [0.1, 0.15) is 116 Å². The fraction of sp³-hybridized carbons (Fsp3) is 0.651. The first-order valence-corrected chi connectivity index (χ1v) is 22.1. The molecule has 1 aromatic heterocycles. The Morgan fingerprint density at radius 2 is 1.81 bits per heavy atom. The number of hydrogen-bond acceptors (Lipinski definition) is 10. The fourth-order valence-corrected chi connectivity index (χ4v) is 10.2. The predicted octanol–water partition coefficient (Wildman–Crippen LogP) is 7.01. The molecule has 7 rings (SSSR count). The van der Waals surface area contributed by atoms with Crippen LogP contribution in [0.3, 0.4) is 0 Å². The number of benzene rings is 1. The average molecular weight is 846 g/mol. The molecule has 59 heavy (non-hydrogen) atoms. The highest BCUT2D eigenvalue weighted by Crippen LogP contribution is 2.58. The molecule has 1 spiro atoms. The van der Waals surface area contributed by atoms with Gasteiger partial charge in [0.1, 0.15) is 11.4 Å². The number of Topliss-reactive ketones (excluding diaryl/α,β-unsaturated/α-hetero) is 1. The number of allylic oxidation sites excluding steroid dienone is 2. The number of ketones is 1. The van der Waals surface area contributed by atoms with Crippen LogP contribution in [0, 0.1) is 22.7 Å². The summed E-state index contributed by atoms with van der Waals surface area (Å²) < 4.78 is 89.3. The number of aryl methyl sites for hydroxylation is 1. The van der Waals surface area contributed by atoms with E-state index < -0.39 is 91.3 Å². The van der Waals surface area contributed by atoms with Crippen molar-refractivity contribution in [2.45, 2.75) is 134 Å². The SMILES string of the molecule is COc1ccc2nc(C(F)(F)F)c3c(c2c1)CC[C@]1(C[C@H]2C(=O)C[C@]4(C(=O)NS(=O)(=O)C5(C)CC5)C[C@H]4/C=C\CCCCC[C@H](CC(=O)OCC(C)(C)C)C(=O)N2C1)O3. The third-order valence-electron chi connectivity index (χ3n) is 12.8. The quantitative estimate of drug-likeness (QED) is 0.227. The number of carbonyl (C=O) groups excluding carboxylic acids is 4. The van der Waals surface area contributed by atoms with Gasteiger partial charge < -0.3 is 19.1 Å². The fourth-order valence-electron chi connectivity index (χ4n) is 8.86. The van der Waals surface area contributed by atoms with E-state index in [1.807, 2.05) is 32.9 Å². The van der Waals surface area contributed by atoms with Crippen LogP contribution in [-0.2, 0) is 46.5 Å². The number of carbonyl (C=O) groups is 4. The number of aromatic nitrogens is 1. The molecule has 0 unspecified atom stereocenters. The lowest BCUT2D eigenvalue weighted by molar-refractivity contribution is -0.152. The molecule has 2 aliphatic carbocycles. The van der Waals surface area contributed by atoms with Crippen LogP contribution in [0.5, 0.6) is 11.5 Å². The number of fused-ring (bicyclic) bond motifs is 5. The zero-order chi connectivity index (χ0) is 42.8. The predicted molar refractivity (Wildman–Crippen MR) is 211 cm³/mol. The van der Waals surface area contributed by atoms with Gasteiger partial charge in [0.25, 0.3) is 0 Å². The lowest BCUT2D eigenvalue weighted by atomic mass is 9.85. The van der Waals surface area contributed by atoms with E-state index in [1.54, 1.807) is 13.0 Å².